The molecule has 0 aliphatic carbocycles. The quantitative estimate of drug-likeness (QED) is 0.0724. The van der Waals surface area contributed by atoms with Crippen LogP contribution in [0, 0.1) is 69.8 Å². The third-order valence-corrected chi connectivity index (χ3v) is 8.36. The number of alkyl halides is 15. The molecule has 0 bridgehead atoms. The van der Waals surface area contributed by atoms with Crippen LogP contribution in [-0.4, -0.2) is 54.7 Å². The lowest BCUT2D eigenvalue weighted by Gasteiger charge is -2.32. The third-order valence-electron chi connectivity index (χ3n) is 8.36. The molecule has 0 fully saturated rings. The first kappa shape index (κ1) is 44.8. The summed E-state index contributed by atoms with van der Waals surface area (Å²) < 4.78 is 387. The summed E-state index contributed by atoms with van der Waals surface area (Å²) in [4.78, 5) is 0. The van der Waals surface area contributed by atoms with Crippen LogP contribution in [0.5, 0.6) is 0 Å². The molecule has 3 aromatic carbocycles. The molecule has 1 radical (unpaired) electrons. The molecule has 0 saturated carbocycles. The van der Waals surface area contributed by atoms with Gasteiger partial charge in [-0.05, 0) is 0 Å². The highest BCUT2D eigenvalue weighted by atomic mass is 19.4. The van der Waals surface area contributed by atoms with E-state index in [4.69, 9.17) is 0 Å². The van der Waals surface area contributed by atoms with Gasteiger partial charge in [0.15, 0.2) is 69.8 Å². The van der Waals surface area contributed by atoms with E-state index in [0.717, 1.165) is 0 Å². The number of hydrogen-bond acceptors (Lipinski definition) is 3. The highest BCUT2D eigenvalue weighted by Crippen LogP contribution is 2.51. The molecule has 0 amide bonds. The third kappa shape index (κ3) is 5.84. The summed E-state index contributed by atoms with van der Waals surface area (Å²) in [5.74, 6) is -62.6. The molecule has 0 aliphatic heterocycles. The highest BCUT2D eigenvalue weighted by Gasteiger charge is 2.64. The molecule has 34 heteroatoms. The van der Waals surface area contributed by atoms with Crippen LogP contribution >= 0.6 is 0 Å². The van der Waals surface area contributed by atoms with Gasteiger partial charge in [-0.25, -0.2) is 68.0 Å². The molecular formula is C27BF27N6-. The van der Waals surface area contributed by atoms with E-state index in [9.17, 15) is 92.2 Å². The molecule has 331 valence electrons. The van der Waals surface area contributed by atoms with Gasteiger partial charge in [0.1, 0.15) is 17.1 Å². The van der Waals surface area contributed by atoms with Crippen molar-refractivity contribution in [2.24, 2.45) is 0 Å². The van der Waals surface area contributed by atoms with Gasteiger partial charge in [-0.15, -0.1) is 0 Å². The maximum absolute atomic E-state index is 15.6. The van der Waals surface area contributed by atoms with E-state index >= 15 is 26.3 Å². The number of hydrogen-bond donors (Lipinski definition) is 0. The molecule has 3 aromatic heterocycles. The standard InChI is InChI=1S/C27BF27N6/c29-4-1-16(13(38)10(35)7(4)32)59(56-19(1)22(41,42)25(47,48)49)28(60-17-2(5(30)8(33)11(36)14(17)39)20(57-60)23(43,44)26(50,51)52)61-18-3(6(31)9(34)12(37)15(18)40)21(58-61)24(45,46)27(53,54)55/q-1. The number of benzene rings is 3. The van der Waals surface area contributed by atoms with E-state index in [1.807, 2.05) is 0 Å². The molecule has 0 atom stereocenters. The summed E-state index contributed by atoms with van der Waals surface area (Å²) >= 11 is 0. The average Bonchev–Trinajstić information content (AvgIpc) is 3.86. The molecule has 0 N–H and O–H groups in total. The summed E-state index contributed by atoms with van der Waals surface area (Å²) in [6, 6.07) is 0. The lowest BCUT2D eigenvalue weighted by atomic mass is 9.92. The van der Waals surface area contributed by atoms with Crippen molar-refractivity contribution in [1.82, 2.24) is 29.1 Å². The van der Waals surface area contributed by atoms with Crippen LogP contribution in [0.4, 0.5) is 119 Å². The van der Waals surface area contributed by atoms with Crippen LogP contribution in [0.3, 0.4) is 0 Å². The summed E-state index contributed by atoms with van der Waals surface area (Å²) in [6.45, 7) is 0. The van der Waals surface area contributed by atoms with Crippen molar-refractivity contribution < 1.29 is 119 Å². The molecule has 61 heavy (non-hydrogen) atoms. The van der Waals surface area contributed by atoms with Crippen molar-refractivity contribution in [2.45, 2.75) is 36.3 Å². The van der Waals surface area contributed by atoms with Crippen LogP contribution in [0.15, 0.2) is 0 Å². The van der Waals surface area contributed by atoms with E-state index in [-0.39, 0.29) is 0 Å². The van der Waals surface area contributed by atoms with Crippen LogP contribution in [0.1, 0.15) is 17.1 Å². The Morgan fingerprint density at radius 1 is 0.279 bits per heavy atom. The van der Waals surface area contributed by atoms with E-state index in [2.05, 4.69) is 15.3 Å². The normalized spacial score (nSPS) is 14.0. The van der Waals surface area contributed by atoms with E-state index in [1.54, 1.807) is 0 Å². The first-order valence-electron chi connectivity index (χ1n) is 14.6. The molecule has 3 heterocycles. The van der Waals surface area contributed by atoms with E-state index < -0.39 is 177 Å². The number of aromatic nitrogens is 6. The Balaban J connectivity index is 2.04. The monoisotopic (exact) mass is 932 g/mol. The second kappa shape index (κ2) is 13.1. The first-order chi connectivity index (χ1) is 27.5. The van der Waals surface area contributed by atoms with Crippen molar-refractivity contribution in [3.8, 4) is 0 Å². The maximum atomic E-state index is 15.6. The number of fused-ring (bicyclic) bond motifs is 3. The van der Waals surface area contributed by atoms with E-state index in [0.29, 0.717) is 0 Å². The van der Waals surface area contributed by atoms with Crippen molar-refractivity contribution in [1.29, 1.82) is 0 Å². The Kier molecular flexibility index (Phi) is 9.64. The smallest absolute Gasteiger partial charge is 0.416 e. The van der Waals surface area contributed by atoms with Crippen LogP contribution in [0.2, 0.25) is 0 Å². The van der Waals surface area contributed by atoms with Gasteiger partial charge in [0.25, 0.3) is 7.12 Å². The molecule has 6 rings (SSSR count). The molecule has 0 aliphatic rings. The fourth-order valence-electron chi connectivity index (χ4n) is 5.65. The van der Waals surface area contributed by atoms with Gasteiger partial charge in [-0.2, -0.15) is 65.9 Å². The minimum Gasteiger partial charge on any atom is -0.416 e. The van der Waals surface area contributed by atoms with Crippen LogP contribution in [-0.2, 0) is 17.8 Å². The van der Waals surface area contributed by atoms with Gasteiger partial charge >= 0.3 is 36.3 Å². The second-order valence-electron chi connectivity index (χ2n) is 11.9. The van der Waals surface area contributed by atoms with Crippen molar-refractivity contribution in [3.05, 3.63) is 86.9 Å². The Labute approximate surface area is 311 Å². The van der Waals surface area contributed by atoms with Crippen molar-refractivity contribution in [3.63, 3.8) is 0 Å². The SMILES string of the molecule is Fc1c(F)c(F)c2c(c(C(F)(F)C(F)(F)F)nn2[B-](n2nc(C(F)(F)C(F)(F)F)c3c(F)c(F)c(F)c(F)c32)n2nc(C(F)(F)C(F)(F)F)c3c(F)c(F)c(F)c(F)c32)c1F. The molecule has 6 nitrogen and oxygen atoms in total. The lowest BCUT2D eigenvalue weighted by Crippen LogP contribution is -2.45. The van der Waals surface area contributed by atoms with Gasteiger partial charge in [0.2, 0.25) is 0 Å². The van der Waals surface area contributed by atoms with E-state index in [1.165, 1.54) is 0 Å². The summed E-state index contributed by atoms with van der Waals surface area (Å²) in [5, 5.41) is -2.96. The minimum absolute atomic E-state index is 1.70. The van der Waals surface area contributed by atoms with Gasteiger partial charge in [-0.3, -0.25) is 0 Å². The molecule has 0 spiro atoms. The van der Waals surface area contributed by atoms with Crippen molar-refractivity contribution in [2.75, 3.05) is 0 Å². The lowest BCUT2D eigenvalue weighted by molar-refractivity contribution is -0.290. The zero-order valence-electron chi connectivity index (χ0n) is 27.0. The van der Waals surface area contributed by atoms with Gasteiger partial charge in [-0.1, -0.05) is 0 Å². The Morgan fingerprint density at radius 2 is 0.459 bits per heavy atom. The molecular weight excluding hydrogens is 932 g/mol. The fourth-order valence-corrected chi connectivity index (χ4v) is 5.65. The van der Waals surface area contributed by atoms with Crippen molar-refractivity contribution >= 4 is 39.8 Å². The minimum atomic E-state index is -7.27. The predicted molar refractivity (Wildman–Crippen MR) is 140 cm³/mol. The second-order valence-corrected chi connectivity index (χ2v) is 11.9. The zero-order valence-corrected chi connectivity index (χ0v) is 27.0. The molecule has 0 saturated heterocycles. The van der Waals surface area contributed by atoms with Crippen LogP contribution in [0.25, 0.3) is 32.7 Å². The van der Waals surface area contributed by atoms with Crippen LogP contribution < -0.4 is 0 Å². The predicted octanol–water partition coefficient (Wildman–Crippen LogP) is 10.3. The largest absolute Gasteiger partial charge is 0.459 e. The maximum Gasteiger partial charge on any atom is 0.459 e. The number of rotatable bonds is 6. The Bertz CT molecular complexity index is 2540. The fraction of sp³-hybridized carbons (Fsp3) is 0.222. The van der Waals surface area contributed by atoms with Gasteiger partial charge in [0, 0.05) is 0 Å². The topological polar surface area (TPSA) is 53.5 Å². The van der Waals surface area contributed by atoms with Gasteiger partial charge in [0.05, 0.1) is 32.7 Å². The van der Waals surface area contributed by atoms with Gasteiger partial charge < -0.3 is 13.8 Å². The highest BCUT2D eigenvalue weighted by molar-refractivity contribution is 6.56. The molecule has 6 aromatic rings. The number of halogens is 27. The number of nitrogens with zero attached hydrogens (tertiary/aromatic N) is 6. The first-order valence-corrected chi connectivity index (χ1v) is 14.6. The summed E-state index contributed by atoms with van der Waals surface area (Å²) in [5.41, 5.74) is -20.0. The Hall–Kier alpha value is -5.76. The zero-order chi connectivity index (χ0) is 46.6. The molecule has 0 unspecified atom stereocenters. The summed E-state index contributed by atoms with van der Waals surface area (Å²) in [7, 11) is -4.77. The summed E-state index contributed by atoms with van der Waals surface area (Å²) in [6.07, 6.45) is -21.8. The average molecular weight is 932 g/mol. The Morgan fingerprint density at radius 3 is 0.639 bits per heavy atom.